The molecular weight excluding hydrogens is 212 g/mol. The van der Waals surface area contributed by atoms with Gasteiger partial charge in [0.15, 0.2) is 0 Å². The smallest absolute Gasteiger partial charge is 0.116 e. The van der Waals surface area contributed by atoms with Gasteiger partial charge in [-0.05, 0) is 64.2 Å². The van der Waals surface area contributed by atoms with Crippen LogP contribution < -0.4 is 0 Å². The molecule has 0 amide bonds. The molecule has 0 unspecified atom stereocenters. The van der Waals surface area contributed by atoms with E-state index in [9.17, 15) is 5.11 Å². The Balaban J connectivity index is 2.26. The van der Waals surface area contributed by atoms with Gasteiger partial charge in [-0.25, -0.2) is 0 Å². The molecule has 0 saturated carbocycles. The Labute approximate surface area is 102 Å². The molecule has 0 aliphatic carbocycles. The second kappa shape index (κ2) is 4.80. The fourth-order valence-corrected chi connectivity index (χ4v) is 2.26. The quantitative estimate of drug-likeness (QED) is 0.850. The van der Waals surface area contributed by atoms with Gasteiger partial charge in [0.05, 0.1) is 0 Å². The Hall–Kier alpha value is -1.48. The fourth-order valence-electron chi connectivity index (χ4n) is 2.26. The molecule has 0 bridgehead atoms. The van der Waals surface area contributed by atoms with Crippen LogP contribution in [0.15, 0.2) is 18.2 Å². The van der Waals surface area contributed by atoms with Crippen LogP contribution in [0.3, 0.4) is 0 Å². The minimum absolute atomic E-state index is 0.338. The van der Waals surface area contributed by atoms with E-state index < -0.39 is 0 Å². The fraction of sp³-hybridized carbons (Fsp3) is 0.429. The molecule has 0 fully saturated rings. The molecule has 3 heteroatoms. The predicted octanol–water partition coefficient (Wildman–Crippen LogP) is 2.68. The molecule has 92 valence electrons. The summed E-state index contributed by atoms with van der Waals surface area (Å²) in [4.78, 5) is 5.56. The average Bonchev–Trinajstić information content (AvgIpc) is 2.55. The summed E-state index contributed by atoms with van der Waals surface area (Å²) in [5, 5.41) is 10.7. The van der Waals surface area contributed by atoms with Crippen molar-refractivity contribution in [3.63, 3.8) is 0 Å². The number of aryl methyl sites for hydroxylation is 2. The van der Waals surface area contributed by atoms with Crippen LogP contribution in [0.5, 0.6) is 5.75 Å². The molecule has 0 saturated heterocycles. The molecule has 1 aromatic heterocycles. The molecule has 1 aromatic carbocycles. The summed E-state index contributed by atoms with van der Waals surface area (Å²) in [6.07, 6.45) is 2.18. The van der Waals surface area contributed by atoms with Crippen LogP contribution in [-0.4, -0.2) is 35.6 Å². The van der Waals surface area contributed by atoms with Crippen molar-refractivity contribution in [1.29, 1.82) is 0 Å². The number of rotatable bonds is 4. The van der Waals surface area contributed by atoms with E-state index in [-0.39, 0.29) is 0 Å². The van der Waals surface area contributed by atoms with E-state index in [0.717, 1.165) is 30.3 Å². The van der Waals surface area contributed by atoms with Crippen molar-refractivity contribution < 1.29 is 5.11 Å². The lowest BCUT2D eigenvalue weighted by Gasteiger charge is -2.09. The third kappa shape index (κ3) is 2.61. The molecule has 2 N–H and O–H groups in total. The van der Waals surface area contributed by atoms with Crippen LogP contribution in [0, 0.1) is 6.92 Å². The number of aromatic amines is 1. The van der Waals surface area contributed by atoms with Crippen molar-refractivity contribution in [1.82, 2.24) is 9.88 Å². The van der Waals surface area contributed by atoms with Gasteiger partial charge >= 0.3 is 0 Å². The zero-order chi connectivity index (χ0) is 12.4. The van der Waals surface area contributed by atoms with Crippen LogP contribution in [0.25, 0.3) is 10.9 Å². The van der Waals surface area contributed by atoms with E-state index in [1.165, 1.54) is 11.3 Å². The van der Waals surface area contributed by atoms with Crippen LogP contribution in [0.4, 0.5) is 0 Å². The number of phenolic OH excluding ortho intramolecular Hbond substituents is 1. The van der Waals surface area contributed by atoms with E-state index in [0.29, 0.717) is 5.75 Å². The number of hydrogen-bond acceptors (Lipinski definition) is 2. The molecule has 0 aliphatic heterocycles. The van der Waals surface area contributed by atoms with Crippen molar-refractivity contribution in [2.75, 3.05) is 20.6 Å². The summed E-state index contributed by atoms with van der Waals surface area (Å²) in [5.41, 5.74) is 3.65. The van der Waals surface area contributed by atoms with Crippen molar-refractivity contribution in [2.45, 2.75) is 19.8 Å². The number of H-pyrrole nitrogens is 1. The minimum Gasteiger partial charge on any atom is -0.508 e. The van der Waals surface area contributed by atoms with Crippen molar-refractivity contribution >= 4 is 10.9 Å². The maximum Gasteiger partial charge on any atom is 0.116 e. The Morgan fingerprint density at radius 2 is 2.06 bits per heavy atom. The first-order chi connectivity index (χ1) is 8.08. The van der Waals surface area contributed by atoms with Gasteiger partial charge in [-0.1, -0.05) is 0 Å². The van der Waals surface area contributed by atoms with E-state index in [2.05, 4.69) is 30.9 Å². The summed E-state index contributed by atoms with van der Waals surface area (Å²) in [5.74, 6) is 0.338. The Morgan fingerprint density at radius 3 is 2.76 bits per heavy atom. The summed E-state index contributed by atoms with van der Waals surface area (Å²) in [6.45, 7) is 3.19. The van der Waals surface area contributed by atoms with Crippen LogP contribution >= 0.6 is 0 Å². The SMILES string of the molecule is Cc1[nH]c2ccc(O)cc2c1CCCN(C)C. The molecule has 2 rings (SSSR count). The highest BCUT2D eigenvalue weighted by Gasteiger charge is 2.08. The Bertz CT molecular complexity index is 514. The third-order valence-corrected chi connectivity index (χ3v) is 3.14. The van der Waals surface area contributed by atoms with E-state index in [1.54, 1.807) is 6.07 Å². The maximum absolute atomic E-state index is 9.56. The number of hydrogen-bond donors (Lipinski definition) is 2. The van der Waals surface area contributed by atoms with Crippen molar-refractivity contribution in [3.8, 4) is 5.75 Å². The zero-order valence-corrected chi connectivity index (χ0v) is 10.7. The number of fused-ring (bicyclic) bond motifs is 1. The molecule has 0 aliphatic rings. The molecule has 0 spiro atoms. The summed E-state index contributed by atoms with van der Waals surface area (Å²) >= 11 is 0. The van der Waals surface area contributed by atoms with Gasteiger partial charge < -0.3 is 15.0 Å². The second-order valence-corrected chi connectivity index (χ2v) is 4.87. The lowest BCUT2D eigenvalue weighted by molar-refractivity contribution is 0.400. The highest BCUT2D eigenvalue weighted by Crippen LogP contribution is 2.26. The summed E-state index contributed by atoms with van der Waals surface area (Å²) < 4.78 is 0. The first-order valence-corrected chi connectivity index (χ1v) is 6.03. The third-order valence-electron chi connectivity index (χ3n) is 3.14. The number of phenols is 1. The second-order valence-electron chi connectivity index (χ2n) is 4.87. The predicted molar refractivity (Wildman–Crippen MR) is 71.6 cm³/mol. The first kappa shape index (κ1) is 12.0. The highest BCUT2D eigenvalue weighted by atomic mass is 16.3. The minimum atomic E-state index is 0.338. The van der Waals surface area contributed by atoms with Crippen LogP contribution in [-0.2, 0) is 6.42 Å². The number of aromatic nitrogens is 1. The zero-order valence-electron chi connectivity index (χ0n) is 10.7. The molecule has 17 heavy (non-hydrogen) atoms. The lowest BCUT2D eigenvalue weighted by Crippen LogP contribution is -2.13. The van der Waals surface area contributed by atoms with E-state index >= 15 is 0 Å². The van der Waals surface area contributed by atoms with Crippen LogP contribution in [0.2, 0.25) is 0 Å². The maximum atomic E-state index is 9.56. The summed E-state index contributed by atoms with van der Waals surface area (Å²) in [7, 11) is 4.18. The summed E-state index contributed by atoms with van der Waals surface area (Å²) in [6, 6.07) is 5.51. The Kier molecular flexibility index (Phi) is 3.38. The van der Waals surface area contributed by atoms with Gasteiger partial charge in [0, 0.05) is 16.6 Å². The number of benzene rings is 1. The van der Waals surface area contributed by atoms with Gasteiger partial charge in [-0.3, -0.25) is 0 Å². The first-order valence-electron chi connectivity index (χ1n) is 6.03. The van der Waals surface area contributed by atoms with Gasteiger partial charge in [0.25, 0.3) is 0 Å². The van der Waals surface area contributed by atoms with Crippen molar-refractivity contribution in [3.05, 3.63) is 29.5 Å². The molecular formula is C14H20N2O. The average molecular weight is 232 g/mol. The number of nitrogens with one attached hydrogen (secondary N) is 1. The Morgan fingerprint density at radius 1 is 1.29 bits per heavy atom. The van der Waals surface area contributed by atoms with Gasteiger partial charge in [-0.15, -0.1) is 0 Å². The lowest BCUT2D eigenvalue weighted by atomic mass is 10.1. The molecule has 0 atom stereocenters. The van der Waals surface area contributed by atoms with Gasteiger partial charge in [0.2, 0.25) is 0 Å². The topological polar surface area (TPSA) is 39.3 Å². The number of aromatic hydroxyl groups is 1. The van der Waals surface area contributed by atoms with Gasteiger partial charge in [0.1, 0.15) is 5.75 Å². The highest BCUT2D eigenvalue weighted by molar-refractivity contribution is 5.85. The largest absolute Gasteiger partial charge is 0.508 e. The van der Waals surface area contributed by atoms with Crippen molar-refractivity contribution in [2.24, 2.45) is 0 Å². The molecule has 2 aromatic rings. The standard InChI is InChI=1S/C14H20N2O/c1-10-12(5-4-8-16(2)3)13-9-11(17)6-7-14(13)15-10/h6-7,9,15,17H,4-5,8H2,1-3H3. The van der Waals surface area contributed by atoms with Gasteiger partial charge in [-0.2, -0.15) is 0 Å². The molecule has 1 heterocycles. The molecule has 0 radical (unpaired) electrons. The monoisotopic (exact) mass is 232 g/mol. The van der Waals surface area contributed by atoms with E-state index in [1.807, 2.05) is 12.1 Å². The number of nitrogens with zero attached hydrogens (tertiary/aromatic N) is 1. The van der Waals surface area contributed by atoms with Crippen LogP contribution in [0.1, 0.15) is 17.7 Å². The normalized spacial score (nSPS) is 11.5. The van der Waals surface area contributed by atoms with E-state index in [4.69, 9.17) is 0 Å². The molecule has 3 nitrogen and oxygen atoms in total.